The van der Waals surface area contributed by atoms with E-state index < -0.39 is 15.7 Å². The molecule has 0 aliphatic carbocycles. The minimum absolute atomic E-state index is 0.0479. The SMILES string of the molecule is CC(CCNc1ccc([N+](=O)[O-])c2cnccc12)S(C)=O. The molecule has 2 aromatic rings. The van der Waals surface area contributed by atoms with Crippen molar-refractivity contribution in [2.45, 2.75) is 18.6 Å². The number of nitro benzene ring substituents is 1. The van der Waals surface area contributed by atoms with E-state index in [-0.39, 0.29) is 10.9 Å². The van der Waals surface area contributed by atoms with Gasteiger partial charge >= 0.3 is 0 Å². The molecule has 0 saturated heterocycles. The standard InChI is InChI=1S/C14H17N3O3S/c1-10(21(2)20)5-8-16-13-3-4-14(17(18)19)12-9-15-7-6-11(12)13/h3-4,6-7,9-10,16H,5,8H2,1-2H3. The summed E-state index contributed by atoms with van der Waals surface area (Å²) in [4.78, 5) is 14.6. The number of benzene rings is 1. The summed E-state index contributed by atoms with van der Waals surface area (Å²) in [7, 11) is -0.844. The Kier molecular flexibility index (Phi) is 4.85. The molecule has 1 N–H and O–H groups in total. The fraction of sp³-hybridized carbons (Fsp3) is 0.357. The Morgan fingerprint density at radius 2 is 2.14 bits per heavy atom. The predicted molar refractivity (Wildman–Crippen MR) is 85.0 cm³/mol. The zero-order valence-electron chi connectivity index (χ0n) is 11.9. The molecule has 1 aromatic heterocycles. The molecule has 112 valence electrons. The average molecular weight is 307 g/mol. The third-order valence-corrected chi connectivity index (χ3v) is 4.79. The Morgan fingerprint density at radius 3 is 2.81 bits per heavy atom. The molecule has 0 spiro atoms. The number of pyridine rings is 1. The molecule has 1 heterocycles. The number of non-ortho nitro benzene ring substituents is 1. The van der Waals surface area contributed by atoms with Crippen LogP contribution in [-0.4, -0.2) is 32.2 Å². The van der Waals surface area contributed by atoms with Crippen molar-refractivity contribution in [3.05, 3.63) is 40.7 Å². The first-order chi connectivity index (χ1) is 10.0. The molecule has 21 heavy (non-hydrogen) atoms. The fourth-order valence-electron chi connectivity index (χ4n) is 2.06. The van der Waals surface area contributed by atoms with Gasteiger partial charge in [0.2, 0.25) is 0 Å². The molecule has 2 atom stereocenters. The van der Waals surface area contributed by atoms with Gasteiger partial charge in [-0.25, -0.2) is 0 Å². The third kappa shape index (κ3) is 3.55. The molecule has 1 aromatic carbocycles. The summed E-state index contributed by atoms with van der Waals surface area (Å²) in [5.74, 6) is 0. The van der Waals surface area contributed by atoms with E-state index in [0.29, 0.717) is 11.9 Å². The first-order valence-electron chi connectivity index (χ1n) is 6.58. The van der Waals surface area contributed by atoms with Crippen molar-refractivity contribution in [2.24, 2.45) is 0 Å². The van der Waals surface area contributed by atoms with Gasteiger partial charge in [-0.15, -0.1) is 0 Å². The van der Waals surface area contributed by atoms with Gasteiger partial charge in [0, 0.05) is 58.4 Å². The van der Waals surface area contributed by atoms with Crippen LogP contribution in [0.2, 0.25) is 0 Å². The highest BCUT2D eigenvalue weighted by atomic mass is 32.2. The van der Waals surface area contributed by atoms with E-state index in [0.717, 1.165) is 17.5 Å². The maximum absolute atomic E-state index is 11.3. The molecule has 0 bridgehead atoms. The molecule has 0 radical (unpaired) electrons. The minimum Gasteiger partial charge on any atom is -0.384 e. The van der Waals surface area contributed by atoms with Gasteiger partial charge in [0.25, 0.3) is 5.69 Å². The maximum Gasteiger partial charge on any atom is 0.278 e. The van der Waals surface area contributed by atoms with Crippen LogP contribution in [0.25, 0.3) is 10.8 Å². The second-order valence-electron chi connectivity index (χ2n) is 4.84. The van der Waals surface area contributed by atoms with Crippen LogP contribution < -0.4 is 5.32 Å². The molecule has 0 aliphatic heterocycles. The summed E-state index contributed by atoms with van der Waals surface area (Å²) in [5.41, 5.74) is 0.874. The smallest absolute Gasteiger partial charge is 0.278 e. The van der Waals surface area contributed by atoms with Crippen LogP contribution in [0.5, 0.6) is 0 Å². The van der Waals surface area contributed by atoms with Crippen LogP contribution in [0.1, 0.15) is 13.3 Å². The number of nitrogens with zero attached hydrogens (tertiary/aromatic N) is 2. The maximum atomic E-state index is 11.3. The van der Waals surface area contributed by atoms with Gasteiger partial charge in [0.15, 0.2) is 0 Å². The second kappa shape index (κ2) is 6.62. The van der Waals surface area contributed by atoms with Crippen molar-refractivity contribution in [2.75, 3.05) is 18.1 Å². The molecule has 0 aliphatic rings. The summed E-state index contributed by atoms with van der Waals surface area (Å²) >= 11 is 0. The molecule has 0 saturated carbocycles. The van der Waals surface area contributed by atoms with Crippen molar-refractivity contribution in [3.8, 4) is 0 Å². The van der Waals surface area contributed by atoms with Gasteiger partial charge in [-0.2, -0.15) is 0 Å². The first-order valence-corrected chi connectivity index (χ1v) is 8.20. The Balaban J connectivity index is 2.23. The molecular weight excluding hydrogens is 290 g/mol. The monoisotopic (exact) mass is 307 g/mol. The van der Waals surface area contributed by atoms with E-state index in [4.69, 9.17) is 0 Å². The van der Waals surface area contributed by atoms with Crippen molar-refractivity contribution in [3.63, 3.8) is 0 Å². The Morgan fingerprint density at radius 1 is 1.38 bits per heavy atom. The number of nitrogens with one attached hydrogen (secondary N) is 1. The van der Waals surface area contributed by atoms with E-state index in [1.165, 1.54) is 12.3 Å². The topological polar surface area (TPSA) is 85.1 Å². The average Bonchev–Trinajstić information content (AvgIpc) is 2.46. The van der Waals surface area contributed by atoms with Crippen LogP contribution in [0.15, 0.2) is 30.6 Å². The largest absolute Gasteiger partial charge is 0.384 e. The summed E-state index contributed by atoms with van der Waals surface area (Å²) in [6.07, 6.45) is 5.58. The lowest BCUT2D eigenvalue weighted by Crippen LogP contribution is -2.15. The highest BCUT2D eigenvalue weighted by molar-refractivity contribution is 7.84. The molecule has 7 heteroatoms. The lowest BCUT2D eigenvalue weighted by molar-refractivity contribution is -0.383. The normalized spacial score (nSPS) is 13.8. The lowest BCUT2D eigenvalue weighted by Gasteiger charge is -2.12. The van der Waals surface area contributed by atoms with Crippen LogP contribution in [0, 0.1) is 10.1 Å². The number of aromatic nitrogens is 1. The van der Waals surface area contributed by atoms with E-state index in [9.17, 15) is 14.3 Å². The number of hydrogen-bond donors (Lipinski definition) is 1. The van der Waals surface area contributed by atoms with Crippen LogP contribution >= 0.6 is 0 Å². The van der Waals surface area contributed by atoms with Gasteiger partial charge in [-0.05, 0) is 18.6 Å². The van der Waals surface area contributed by atoms with Crippen molar-refractivity contribution >= 4 is 32.9 Å². The molecule has 2 unspecified atom stereocenters. The Bertz CT molecular complexity index is 690. The zero-order chi connectivity index (χ0) is 15.4. The highest BCUT2D eigenvalue weighted by Gasteiger charge is 2.14. The van der Waals surface area contributed by atoms with E-state index >= 15 is 0 Å². The predicted octanol–water partition coefficient (Wildman–Crippen LogP) is 2.71. The van der Waals surface area contributed by atoms with Crippen molar-refractivity contribution in [1.82, 2.24) is 4.98 Å². The van der Waals surface area contributed by atoms with Gasteiger partial charge in [-0.1, -0.05) is 6.92 Å². The summed E-state index contributed by atoms with van der Waals surface area (Å²) in [6.45, 7) is 2.60. The number of rotatable bonds is 6. The minimum atomic E-state index is -0.844. The lowest BCUT2D eigenvalue weighted by atomic mass is 10.1. The van der Waals surface area contributed by atoms with E-state index in [2.05, 4.69) is 10.3 Å². The number of anilines is 1. The number of nitro groups is 1. The van der Waals surface area contributed by atoms with Gasteiger partial charge < -0.3 is 5.32 Å². The Labute approximate surface area is 125 Å². The third-order valence-electron chi connectivity index (χ3n) is 3.42. The van der Waals surface area contributed by atoms with Crippen molar-refractivity contribution < 1.29 is 9.13 Å². The van der Waals surface area contributed by atoms with Gasteiger partial charge in [0.1, 0.15) is 0 Å². The molecular formula is C14H17N3O3S. The fourth-order valence-corrected chi connectivity index (χ4v) is 2.51. The van der Waals surface area contributed by atoms with Crippen LogP contribution in [0.3, 0.4) is 0 Å². The van der Waals surface area contributed by atoms with Crippen LogP contribution in [0.4, 0.5) is 11.4 Å². The molecule has 0 fully saturated rings. The number of hydrogen-bond acceptors (Lipinski definition) is 5. The van der Waals surface area contributed by atoms with Crippen LogP contribution in [-0.2, 0) is 10.8 Å². The Hall–Kier alpha value is -2.02. The number of fused-ring (bicyclic) bond motifs is 1. The van der Waals surface area contributed by atoms with Crippen molar-refractivity contribution in [1.29, 1.82) is 0 Å². The summed E-state index contributed by atoms with van der Waals surface area (Å²) in [6, 6.07) is 4.94. The first kappa shape index (κ1) is 15.4. The molecule has 2 rings (SSSR count). The van der Waals surface area contributed by atoms with E-state index in [1.807, 2.05) is 6.92 Å². The highest BCUT2D eigenvalue weighted by Crippen LogP contribution is 2.30. The summed E-state index contributed by atoms with van der Waals surface area (Å²) in [5, 5.41) is 15.7. The molecule has 0 amide bonds. The second-order valence-corrected chi connectivity index (χ2v) is 6.64. The van der Waals surface area contributed by atoms with E-state index in [1.54, 1.807) is 24.6 Å². The zero-order valence-corrected chi connectivity index (χ0v) is 12.7. The molecule has 6 nitrogen and oxygen atoms in total. The summed E-state index contributed by atoms with van der Waals surface area (Å²) < 4.78 is 11.3. The van der Waals surface area contributed by atoms with Gasteiger partial charge in [-0.3, -0.25) is 19.3 Å². The van der Waals surface area contributed by atoms with Gasteiger partial charge in [0.05, 0.1) is 10.3 Å². The quantitative estimate of drug-likeness (QED) is 0.655.